The molecular weight excluding hydrogens is 361 g/mol. The number of amides is 2. The number of nitrogens with one attached hydrogen (secondary N) is 1. The summed E-state index contributed by atoms with van der Waals surface area (Å²) in [5.74, 6) is -4.70. The normalized spacial score (nSPS) is 24.3. The van der Waals surface area contributed by atoms with Gasteiger partial charge >= 0.3 is 18.2 Å². The van der Waals surface area contributed by atoms with Gasteiger partial charge in [0.05, 0.1) is 17.9 Å². The van der Waals surface area contributed by atoms with Gasteiger partial charge in [0.25, 0.3) is 0 Å². The molecule has 3 atom stereocenters. The van der Waals surface area contributed by atoms with E-state index in [4.69, 9.17) is 5.11 Å². The Kier molecular flexibility index (Phi) is 5.62. The van der Waals surface area contributed by atoms with Crippen molar-refractivity contribution in [3.63, 3.8) is 0 Å². The smallest absolute Gasteiger partial charge is 0.394 e. The van der Waals surface area contributed by atoms with E-state index in [0.717, 1.165) is 36.1 Å². The molecular formula is C19H23F3N2O3. The third-order valence-electron chi connectivity index (χ3n) is 5.64. The number of likely N-dealkylation sites (tertiary alicyclic amines) is 1. The van der Waals surface area contributed by atoms with Crippen LogP contribution in [-0.2, 0) is 4.79 Å². The first-order valence-electron chi connectivity index (χ1n) is 9.15. The number of urea groups is 1. The van der Waals surface area contributed by atoms with Crippen molar-refractivity contribution in [1.29, 1.82) is 0 Å². The molecule has 1 heterocycles. The summed E-state index contributed by atoms with van der Waals surface area (Å²) < 4.78 is 39.4. The lowest BCUT2D eigenvalue weighted by atomic mass is 9.79. The van der Waals surface area contributed by atoms with E-state index >= 15 is 0 Å². The Labute approximate surface area is 155 Å². The van der Waals surface area contributed by atoms with Crippen LogP contribution >= 0.6 is 0 Å². The SMILES string of the molecule is O=C(O)[C@@H]1CN(C(=O)NC(CC2CCC2)c2ccccc2)C[C@H]1C(F)(F)F. The lowest BCUT2D eigenvalue weighted by Gasteiger charge is -2.31. The minimum absolute atomic E-state index is 0.294. The second kappa shape index (κ2) is 7.78. The summed E-state index contributed by atoms with van der Waals surface area (Å²) in [6.07, 6.45) is -0.600. The maximum absolute atomic E-state index is 13.1. The molecule has 2 N–H and O–H groups in total. The van der Waals surface area contributed by atoms with Gasteiger partial charge in [-0.1, -0.05) is 49.6 Å². The number of rotatable bonds is 5. The zero-order valence-electron chi connectivity index (χ0n) is 14.8. The lowest BCUT2D eigenvalue weighted by Crippen LogP contribution is -2.42. The summed E-state index contributed by atoms with van der Waals surface area (Å²) in [5, 5.41) is 11.9. The van der Waals surface area contributed by atoms with Gasteiger partial charge in [0.15, 0.2) is 0 Å². The molecule has 5 nitrogen and oxygen atoms in total. The molecule has 0 bridgehead atoms. The van der Waals surface area contributed by atoms with Crippen molar-refractivity contribution in [3.05, 3.63) is 35.9 Å². The van der Waals surface area contributed by atoms with E-state index in [-0.39, 0.29) is 6.04 Å². The lowest BCUT2D eigenvalue weighted by molar-refractivity contribution is -0.187. The van der Waals surface area contributed by atoms with Crippen molar-refractivity contribution in [2.24, 2.45) is 17.8 Å². The Morgan fingerprint density at radius 1 is 1.19 bits per heavy atom. The number of alkyl halides is 3. The highest BCUT2D eigenvalue weighted by molar-refractivity contribution is 5.78. The molecule has 0 spiro atoms. The number of halogens is 3. The van der Waals surface area contributed by atoms with Crippen molar-refractivity contribution in [1.82, 2.24) is 10.2 Å². The van der Waals surface area contributed by atoms with Crippen LogP contribution in [0.15, 0.2) is 30.3 Å². The minimum atomic E-state index is -4.65. The fraction of sp³-hybridized carbons (Fsp3) is 0.579. The number of carbonyl (C=O) groups excluding carboxylic acids is 1. The first-order chi connectivity index (χ1) is 12.8. The summed E-state index contributed by atoms with van der Waals surface area (Å²) in [6.45, 7) is -1.06. The van der Waals surface area contributed by atoms with Crippen molar-refractivity contribution in [2.75, 3.05) is 13.1 Å². The first-order valence-corrected chi connectivity index (χ1v) is 9.15. The minimum Gasteiger partial charge on any atom is -0.481 e. The molecule has 8 heteroatoms. The molecule has 1 saturated heterocycles. The van der Waals surface area contributed by atoms with Gasteiger partial charge in [0.1, 0.15) is 0 Å². The molecule has 148 valence electrons. The van der Waals surface area contributed by atoms with Crippen molar-refractivity contribution in [3.8, 4) is 0 Å². The van der Waals surface area contributed by atoms with Crippen molar-refractivity contribution in [2.45, 2.75) is 37.9 Å². The highest BCUT2D eigenvalue weighted by Crippen LogP contribution is 2.38. The third-order valence-corrected chi connectivity index (χ3v) is 5.64. The number of benzene rings is 1. The van der Waals surface area contributed by atoms with Crippen LogP contribution in [0.2, 0.25) is 0 Å². The van der Waals surface area contributed by atoms with Crippen LogP contribution < -0.4 is 5.32 Å². The Balaban J connectivity index is 1.70. The molecule has 2 aliphatic rings. The maximum atomic E-state index is 13.1. The van der Waals surface area contributed by atoms with E-state index in [0.29, 0.717) is 5.92 Å². The Hall–Kier alpha value is -2.25. The number of nitrogens with zero attached hydrogens (tertiary/aromatic N) is 1. The van der Waals surface area contributed by atoms with Crippen LogP contribution in [0, 0.1) is 17.8 Å². The van der Waals surface area contributed by atoms with Gasteiger partial charge in [0.2, 0.25) is 0 Å². The van der Waals surface area contributed by atoms with E-state index in [2.05, 4.69) is 5.32 Å². The molecule has 1 aliphatic carbocycles. The molecule has 2 fully saturated rings. The molecule has 0 aromatic heterocycles. The van der Waals surface area contributed by atoms with Gasteiger partial charge in [-0.15, -0.1) is 0 Å². The predicted molar refractivity (Wildman–Crippen MR) is 91.9 cm³/mol. The zero-order valence-corrected chi connectivity index (χ0v) is 14.8. The van der Waals surface area contributed by atoms with Crippen LogP contribution in [0.1, 0.15) is 37.3 Å². The molecule has 1 aromatic carbocycles. The number of hydrogen-bond acceptors (Lipinski definition) is 2. The zero-order chi connectivity index (χ0) is 19.6. The monoisotopic (exact) mass is 384 g/mol. The van der Waals surface area contributed by atoms with E-state index in [1.807, 2.05) is 30.3 Å². The predicted octanol–water partition coefficient (Wildman–Crippen LogP) is 3.82. The largest absolute Gasteiger partial charge is 0.481 e. The van der Waals surface area contributed by atoms with Gasteiger partial charge in [-0.2, -0.15) is 13.2 Å². The third kappa shape index (κ3) is 4.54. The second-order valence-electron chi connectivity index (χ2n) is 7.44. The first kappa shape index (κ1) is 19.5. The maximum Gasteiger partial charge on any atom is 0.394 e. The molecule has 0 radical (unpaired) electrons. The van der Waals surface area contributed by atoms with Gasteiger partial charge in [-0.05, 0) is 17.9 Å². The summed E-state index contributed by atoms with van der Waals surface area (Å²) >= 11 is 0. The Bertz CT molecular complexity index is 677. The Morgan fingerprint density at radius 2 is 1.85 bits per heavy atom. The number of aliphatic carboxylic acids is 1. The highest BCUT2D eigenvalue weighted by atomic mass is 19.4. The van der Waals surface area contributed by atoms with Crippen LogP contribution in [0.5, 0.6) is 0 Å². The van der Waals surface area contributed by atoms with Crippen LogP contribution in [0.3, 0.4) is 0 Å². The average Bonchev–Trinajstić information content (AvgIpc) is 3.03. The average molecular weight is 384 g/mol. The fourth-order valence-electron chi connectivity index (χ4n) is 3.82. The van der Waals surface area contributed by atoms with Crippen LogP contribution in [-0.4, -0.2) is 41.3 Å². The van der Waals surface area contributed by atoms with Gasteiger partial charge < -0.3 is 15.3 Å². The summed E-state index contributed by atoms with van der Waals surface area (Å²) in [5.41, 5.74) is 0.902. The molecule has 1 aliphatic heterocycles. The molecule has 3 rings (SSSR count). The topological polar surface area (TPSA) is 69.6 Å². The molecule has 1 saturated carbocycles. The van der Waals surface area contributed by atoms with Crippen LogP contribution in [0.25, 0.3) is 0 Å². The second-order valence-corrected chi connectivity index (χ2v) is 7.44. The summed E-state index contributed by atoms with van der Waals surface area (Å²) in [6, 6.07) is 8.39. The number of hydrogen-bond donors (Lipinski definition) is 2. The van der Waals surface area contributed by atoms with Gasteiger partial charge in [-0.3, -0.25) is 4.79 Å². The quantitative estimate of drug-likeness (QED) is 0.811. The van der Waals surface area contributed by atoms with Gasteiger partial charge in [-0.25, -0.2) is 4.79 Å². The van der Waals surface area contributed by atoms with Crippen molar-refractivity contribution >= 4 is 12.0 Å². The summed E-state index contributed by atoms with van der Waals surface area (Å²) in [4.78, 5) is 24.8. The number of carboxylic acid groups (broad SMARTS) is 1. The van der Waals surface area contributed by atoms with Gasteiger partial charge in [0, 0.05) is 13.1 Å². The molecule has 2 amide bonds. The number of carboxylic acids is 1. The fourth-order valence-corrected chi connectivity index (χ4v) is 3.82. The van der Waals surface area contributed by atoms with Crippen LogP contribution in [0.4, 0.5) is 18.0 Å². The molecule has 1 aromatic rings. The van der Waals surface area contributed by atoms with E-state index in [1.165, 1.54) is 0 Å². The highest BCUT2D eigenvalue weighted by Gasteiger charge is 2.53. The van der Waals surface area contributed by atoms with Crippen molar-refractivity contribution < 1.29 is 27.9 Å². The van der Waals surface area contributed by atoms with E-state index < -0.39 is 43.1 Å². The van der Waals surface area contributed by atoms with E-state index in [1.54, 1.807) is 0 Å². The van der Waals surface area contributed by atoms with E-state index in [9.17, 15) is 22.8 Å². The molecule has 1 unspecified atom stereocenters. The standard InChI is InChI=1S/C19H23F3N2O3/c20-19(21,22)15-11-24(10-14(15)17(25)26)18(27)23-16(9-12-5-4-6-12)13-7-2-1-3-8-13/h1-3,7-8,12,14-16H,4-6,9-11H2,(H,23,27)(H,25,26)/t14-,15-,16?/m1/s1. The Morgan fingerprint density at radius 3 is 2.33 bits per heavy atom. The summed E-state index contributed by atoms with van der Waals surface area (Å²) in [7, 11) is 0. The molecule has 27 heavy (non-hydrogen) atoms. The number of carbonyl (C=O) groups is 2.